The topological polar surface area (TPSA) is 13.1 Å². The molecule has 0 saturated carbocycles. The fraction of sp³-hybridized carbons (Fsp3) is 0.500. The average Bonchev–Trinajstić information content (AvgIpc) is 2.45. The van der Waals surface area contributed by atoms with E-state index in [1.165, 1.54) is 5.22 Å². The summed E-state index contributed by atoms with van der Waals surface area (Å²) in [4.78, 5) is 0. The lowest BCUT2D eigenvalue weighted by Crippen LogP contribution is -2.21. The molecule has 0 amide bonds. The van der Waals surface area contributed by atoms with Gasteiger partial charge in [0.2, 0.25) is 0 Å². The number of hydrogen-bond donors (Lipinski definition) is 0. The van der Waals surface area contributed by atoms with E-state index in [9.17, 15) is 0 Å². The van der Waals surface area contributed by atoms with Crippen LogP contribution >= 0.6 is 0 Å². The summed E-state index contributed by atoms with van der Waals surface area (Å²) < 4.78 is 5.78. The standard InChI is InChI=1S/C12H16O/c1-12(2,3)11-8-9-6-4-5-7-10(9)13-11/h6-8H,4-5H2,1-3H3. The second-order valence-corrected chi connectivity index (χ2v) is 4.67. The SMILES string of the molecule is CC(C)(C)c1cc2c(o1)=CCCC=2. The quantitative estimate of drug-likeness (QED) is 0.588. The Bertz CT molecular complexity index is 381. The van der Waals surface area contributed by atoms with Crippen molar-refractivity contribution in [3.63, 3.8) is 0 Å². The molecule has 0 fully saturated rings. The van der Waals surface area contributed by atoms with Gasteiger partial charge in [0.15, 0.2) is 0 Å². The van der Waals surface area contributed by atoms with Gasteiger partial charge in [0.1, 0.15) is 11.2 Å². The molecule has 0 bridgehead atoms. The van der Waals surface area contributed by atoms with Crippen LogP contribution in [0.3, 0.4) is 0 Å². The molecule has 1 aromatic heterocycles. The van der Waals surface area contributed by atoms with Gasteiger partial charge in [-0.1, -0.05) is 26.8 Å². The Morgan fingerprint density at radius 2 is 1.85 bits per heavy atom. The van der Waals surface area contributed by atoms with E-state index in [-0.39, 0.29) is 5.41 Å². The summed E-state index contributed by atoms with van der Waals surface area (Å²) in [6, 6.07) is 2.17. The summed E-state index contributed by atoms with van der Waals surface area (Å²) >= 11 is 0. The number of hydrogen-bond acceptors (Lipinski definition) is 1. The third kappa shape index (κ3) is 1.55. The van der Waals surface area contributed by atoms with Gasteiger partial charge in [-0.25, -0.2) is 0 Å². The molecule has 0 unspecified atom stereocenters. The molecule has 70 valence electrons. The van der Waals surface area contributed by atoms with E-state index in [0.717, 1.165) is 24.0 Å². The molecule has 0 radical (unpaired) electrons. The van der Waals surface area contributed by atoms with E-state index in [4.69, 9.17) is 4.42 Å². The maximum absolute atomic E-state index is 5.78. The predicted octanol–water partition coefficient (Wildman–Crippen LogP) is 1.93. The largest absolute Gasteiger partial charge is 0.461 e. The molecule has 1 heterocycles. The van der Waals surface area contributed by atoms with Gasteiger partial charge < -0.3 is 4.42 Å². The Morgan fingerprint density at radius 1 is 1.15 bits per heavy atom. The molecule has 1 aliphatic rings. The summed E-state index contributed by atoms with van der Waals surface area (Å²) in [5.74, 6) is 1.09. The normalized spacial score (nSPS) is 15.9. The zero-order valence-corrected chi connectivity index (χ0v) is 8.55. The van der Waals surface area contributed by atoms with Crippen LogP contribution in [0.2, 0.25) is 0 Å². The smallest absolute Gasteiger partial charge is 0.130 e. The molecule has 13 heavy (non-hydrogen) atoms. The van der Waals surface area contributed by atoms with Gasteiger partial charge >= 0.3 is 0 Å². The van der Waals surface area contributed by atoms with Gasteiger partial charge in [-0.3, -0.25) is 0 Å². The first-order valence-corrected chi connectivity index (χ1v) is 4.88. The number of furan rings is 1. The van der Waals surface area contributed by atoms with Crippen molar-refractivity contribution in [2.24, 2.45) is 0 Å². The highest BCUT2D eigenvalue weighted by atomic mass is 16.3. The summed E-state index contributed by atoms with van der Waals surface area (Å²) in [6.07, 6.45) is 6.71. The molecular formula is C12H16O. The van der Waals surface area contributed by atoms with Crippen LogP contribution in [-0.4, -0.2) is 0 Å². The second-order valence-electron chi connectivity index (χ2n) is 4.67. The third-order valence-corrected chi connectivity index (χ3v) is 2.39. The van der Waals surface area contributed by atoms with Crippen LogP contribution in [0.1, 0.15) is 39.4 Å². The molecule has 1 aromatic rings. The van der Waals surface area contributed by atoms with E-state index in [1.54, 1.807) is 0 Å². The number of rotatable bonds is 0. The Kier molecular flexibility index (Phi) is 1.83. The molecule has 0 spiro atoms. The maximum atomic E-state index is 5.78. The molecule has 1 aliphatic carbocycles. The molecular weight excluding hydrogens is 160 g/mol. The highest BCUT2D eigenvalue weighted by Gasteiger charge is 2.17. The van der Waals surface area contributed by atoms with Gasteiger partial charge in [0, 0.05) is 10.6 Å². The van der Waals surface area contributed by atoms with E-state index in [0.29, 0.717) is 0 Å². The molecule has 0 aliphatic heterocycles. The Morgan fingerprint density at radius 3 is 2.46 bits per heavy atom. The maximum Gasteiger partial charge on any atom is 0.130 e. The lowest BCUT2D eigenvalue weighted by Gasteiger charge is -2.13. The monoisotopic (exact) mass is 176 g/mol. The van der Waals surface area contributed by atoms with Crippen molar-refractivity contribution < 1.29 is 4.42 Å². The molecule has 0 N–H and O–H groups in total. The number of fused-ring (bicyclic) bond motifs is 1. The molecule has 1 heteroatoms. The molecule has 1 nitrogen and oxygen atoms in total. The second kappa shape index (κ2) is 2.76. The van der Waals surface area contributed by atoms with Crippen molar-refractivity contribution in [1.82, 2.24) is 0 Å². The summed E-state index contributed by atoms with van der Waals surface area (Å²) in [7, 11) is 0. The fourth-order valence-corrected chi connectivity index (χ4v) is 1.56. The zero-order chi connectivity index (χ0) is 9.47. The summed E-state index contributed by atoms with van der Waals surface area (Å²) in [5, 5.41) is 1.27. The van der Waals surface area contributed by atoms with Crippen molar-refractivity contribution in [2.75, 3.05) is 0 Å². The van der Waals surface area contributed by atoms with Crippen LogP contribution in [0.25, 0.3) is 12.2 Å². The highest BCUT2D eigenvalue weighted by Crippen LogP contribution is 2.19. The van der Waals surface area contributed by atoms with E-state index in [1.807, 2.05) is 0 Å². The van der Waals surface area contributed by atoms with Gasteiger partial charge in [-0.2, -0.15) is 0 Å². The van der Waals surface area contributed by atoms with Gasteiger partial charge in [0.05, 0.1) is 0 Å². The summed E-state index contributed by atoms with van der Waals surface area (Å²) in [5.41, 5.74) is 1.19. The first-order chi connectivity index (χ1) is 6.07. The van der Waals surface area contributed by atoms with Crippen LogP contribution in [-0.2, 0) is 5.41 Å². The molecule has 0 saturated heterocycles. The van der Waals surface area contributed by atoms with Gasteiger partial charge in [0.25, 0.3) is 0 Å². The van der Waals surface area contributed by atoms with Gasteiger partial charge in [-0.15, -0.1) is 0 Å². The predicted molar refractivity (Wildman–Crippen MR) is 54.8 cm³/mol. The van der Waals surface area contributed by atoms with Crippen LogP contribution < -0.4 is 10.6 Å². The molecule has 0 atom stereocenters. The van der Waals surface area contributed by atoms with E-state index in [2.05, 4.69) is 39.0 Å². The Labute approximate surface area is 78.8 Å². The van der Waals surface area contributed by atoms with E-state index >= 15 is 0 Å². The first-order valence-electron chi connectivity index (χ1n) is 4.88. The van der Waals surface area contributed by atoms with E-state index < -0.39 is 0 Å². The van der Waals surface area contributed by atoms with Crippen LogP contribution in [0, 0.1) is 0 Å². The van der Waals surface area contributed by atoms with Crippen molar-refractivity contribution in [3.05, 3.63) is 22.5 Å². The highest BCUT2D eigenvalue weighted by molar-refractivity contribution is 5.36. The van der Waals surface area contributed by atoms with Crippen molar-refractivity contribution in [1.29, 1.82) is 0 Å². The Balaban J connectivity index is 2.61. The lowest BCUT2D eigenvalue weighted by molar-refractivity contribution is 0.392. The van der Waals surface area contributed by atoms with Crippen LogP contribution in [0.5, 0.6) is 0 Å². The average molecular weight is 176 g/mol. The summed E-state index contributed by atoms with van der Waals surface area (Å²) in [6.45, 7) is 6.53. The fourth-order valence-electron chi connectivity index (χ4n) is 1.56. The van der Waals surface area contributed by atoms with Crippen molar-refractivity contribution in [3.8, 4) is 0 Å². The minimum absolute atomic E-state index is 0.124. The zero-order valence-electron chi connectivity index (χ0n) is 8.55. The van der Waals surface area contributed by atoms with Crippen LogP contribution in [0.4, 0.5) is 0 Å². The molecule has 2 rings (SSSR count). The van der Waals surface area contributed by atoms with Crippen molar-refractivity contribution in [2.45, 2.75) is 39.0 Å². The minimum Gasteiger partial charge on any atom is -0.461 e. The molecule has 0 aromatic carbocycles. The third-order valence-electron chi connectivity index (χ3n) is 2.39. The van der Waals surface area contributed by atoms with Crippen molar-refractivity contribution >= 4 is 12.2 Å². The minimum atomic E-state index is 0.124. The van der Waals surface area contributed by atoms with Gasteiger partial charge in [-0.05, 0) is 25.0 Å². The Hall–Kier alpha value is -0.980. The first kappa shape index (κ1) is 8.61. The lowest BCUT2D eigenvalue weighted by atomic mass is 9.93. The van der Waals surface area contributed by atoms with Crippen LogP contribution in [0.15, 0.2) is 10.5 Å².